The number of nitrogens with two attached hydrogens (primary N) is 1. The number of hydrogen-bond acceptors (Lipinski definition) is 5. The van der Waals surface area contributed by atoms with Gasteiger partial charge in [-0.15, -0.1) is 0 Å². The van der Waals surface area contributed by atoms with E-state index in [1.165, 1.54) is 12.4 Å². The number of anilines is 1. The second-order valence-corrected chi connectivity index (χ2v) is 4.26. The van der Waals surface area contributed by atoms with E-state index in [1.54, 1.807) is 0 Å². The molecular weight excluding hydrogens is 315 g/mol. The van der Waals surface area contributed by atoms with Gasteiger partial charge in [0.1, 0.15) is 11.6 Å². The van der Waals surface area contributed by atoms with Gasteiger partial charge in [0.15, 0.2) is 0 Å². The molecule has 6 nitrogen and oxygen atoms in total. The summed E-state index contributed by atoms with van der Waals surface area (Å²) in [5, 5.41) is 8.92. The van der Waals surface area contributed by atoms with Crippen molar-refractivity contribution < 1.29 is 27.8 Å². The largest absolute Gasteiger partial charge is 0.478 e. The zero-order valence-corrected chi connectivity index (χ0v) is 11.4. The van der Waals surface area contributed by atoms with Gasteiger partial charge in [-0.05, 0) is 24.3 Å². The van der Waals surface area contributed by atoms with Gasteiger partial charge in [-0.2, -0.15) is 8.78 Å². The summed E-state index contributed by atoms with van der Waals surface area (Å²) in [4.78, 5) is 18.2. The topological polar surface area (TPSA) is 98.3 Å². The van der Waals surface area contributed by atoms with Gasteiger partial charge < -0.3 is 15.6 Å². The van der Waals surface area contributed by atoms with Crippen LogP contribution in [0.25, 0.3) is 11.9 Å². The van der Waals surface area contributed by atoms with Gasteiger partial charge in [0.25, 0.3) is 0 Å². The summed E-state index contributed by atoms with van der Waals surface area (Å²) >= 11 is 0. The number of nitrogens with zero attached hydrogens (tertiary/aromatic N) is 2. The minimum atomic E-state index is -3.18. The predicted molar refractivity (Wildman–Crippen MR) is 75.5 cm³/mol. The van der Waals surface area contributed by atoms with Crippen molar-refractivity contribution >= 4 is 23.8 Å². The van der Waals surface area contributed by atoms with Crippen LogP contribution < -0.4 is 10.5 Å². The van der Waals surface area contributed by atoms with Crippen molar-refractivity contribution in [2.75, 3.05) is 5.73 Å². The molecule has 1 aromatic carbocycles. The van der Waals surface area contributed by atoms with Crippen LogP contribution in [0.2, 0.25) is 0 Å². The highest BCUT2D eigenvalue weighted by molar-refractivity contribution is 5.90. The van der Waals surface area contributed by atoms with Crippen LogP contribution in [-0.4, -0.2) is 27.7 Å². The van der Waals surface area contributed by atoms with Crippen LogP contribution in [0.5, 0.6) is 5.75 Å². The molecule has 0 saturated carbocycles. The Morgan fingerprint density at radius 2 is 1.96 bits per heavy atom. The molecule has 9 heteroatoms. The average Bonchev–Trinajstić information content (AvgIpc) is 2.49. The van der Waals surface area contributed by atoms with E-state index in [-0.39, 0.29) is 17.1 Å². The van der Waals surface area contributed by atoms with Gasteiger partial charge in [-0.3, -0.25) is 0 Å². The molecule has 0 atom stereocenters. The molecule has 0 bridgehead atoms. The van der Waals surface area contributed by atoms with Gasteiger partial charge in [-0.25, -0.2) is 19.2 Å². The minimum Gasteiger partial charge on any atom is -0.478 e. The van der Waals surface area contributed by atoms with E-state index < -0.39 is 29.7 Å². The monoisotopic (exact) mass is 325 g/mol. The fourth-order valence-corrected chi connectivity index (χ4v) is 1.70. The molecule has 0 radical (unpaired) electrons. The zero-order valence-electron chi connectivity index (χ0n) is 11.4. The Morgan fingerprint density at radius 3 is 2.52 bits per heavy atom. The summed E-state index contributed by atoms with van der Waals surface area (Å²) in [6, 6.07) is 2.88. The first kappa shape index (κ1) is 16.3. The quantitative estimate of drug-likeness (QED) is 0.877. The SMILES string of the molecule is Nc1ncc(/C=C(\F)c2cc(C(=O)O)ccc2OC(F)F)cn1. The Kier molecular flexibility index (Phi) is 4.79. The summed E-state index contributed by atoms with van der Waals surface area (Å²) in [5.41, 5.74) is 4.80. The molecule has 0 amide bonds. The first-order valence-corrected chi connectivity index (χ1v) is 6.14. The second-order valence-electron chi connectivity index (χ2n) is 4.26. The van der Waals surface area contributed by atoms with E-state index in [2.05, 4.69) is 14.7 Å². The highest BCUT2D eigenvalue weighted by atomic mass is 19.3. The maximum absolute atomic E-state index is 14.3. The molecule has 0 aliphatic carbocycles. The molecule has 0 unspecified atom stereocenters. The van der Waals surface area contributed by atoms with Crippen molar-refractivity contribution in [3.05, 3.63) is 47.3 Å². The van der Waals surface area contributed by atoms with Crippen molar-refractivity contribution in [2.45, 2.75) is 6.61 Å². The number of nitrogen functional groups attached to an aromatic ring is 1. The third kappa shape index (κ3) is 4.19. The third-order valence-corrected chi connectivity index (χ3v) is 2.69. The summed E-state index contributed by atoms with van der Waals surface area (Å²) in [6.45, 7) is -3.18. The molecule has 0 aliphatic heterocycles. The number of alkyl halides is 2. The summed E-state index contributed by atoms with van der Waals surface area (Å²) in [7, 11) is 0. The average molecular weight is 325 g/mol. The summed E-state index contributed by atoms with van der Waals surface area (Å²) in [6.07, 6.45) is 3.38. The summed E-state index contributed by atoms with van der Waals surface area (Å²) < 4.78 is 43.3. The van der Waals surface area contributed by atoms with E-state index in [0.29, 0.717) is 0 Å². The Bertz CT molecular complexity index is 749. The predicted octanol–water partition coefficient (Wildman–Crippen LogP) is 2.83. The molecular formula is C14H10F3N3O3. The Hall–Kier alpha value is -3.10. The molecule has 3 N–H and O–H groups in total. The number of hydrogen-bond donors (Lipinski definition) is 2. The van der Waals surface area contributed by atoms with Crippen molar-refractivity contribution in [1.82, 2.24) is 9.97 Å². The Labute approximate surface area is 128 Å². The molecule has 0 aliphatic rings. The number of halogens is 3. The maximum atomic E-state index is 14.3. The minimum absolute atomic E-state index is 0.0165. The highest BCUT2D eigenvalue weighted by Gasteiger charge is 2.16. The first-order chi connectivity index (χ1) is 10.9. The Morgan fingerprint density at radius 1 is 1.30 bits per heavy atom. The zero-order chi connectivity index (χ0) is 17.0. The van der Waals surface area contributed by atoms with Crippen LogP contribution in [0.4, 0.5) is 19.1 Å². The van der Waals surface area contributed by atoms with E-state index >= 15 is 0 Å². The van der Waals surface area contributed by atoms with Crippen LogP contribution in [0.3, 0.4) is 0 Å². The van der Waals surface area contributed by atoms with E-state index in [9.17, 15) is 18.0 Å². The van der Waals surface area contributed by atoms with E-state index in [1.807, 2.05) is 0 Å². The van der Waals surface area contributed by atoms with Crippen molar-refractivity contribution in [3.63, 3.8) is 0 Å². The molecule has 0 saturated heterocycles. The normalized spacial score (nSPS) is 11.6. The van der Waals surface area contributed by atoms with Crippen LogP contribution in [0.15, 0.2) is 30.6 Å². The lowest BCUT2D eigenvalue weighted by molar-refractivity contribution is -0.0500. The van der Waals surface area contributed by atoms with Crippen molar-refractivity contribution in [1.29, 1.82) is 0 Å². The molecule has 23 heavy (non-hydrogen) atoms. The molecule has 1 heterocycles. The van der Waals surface area contributed by atoms with Gasteiger partial charge in [-0.1, -0.05) is 0 Å². The smallest absolute Gasteiger partial charge is 0.387 e. The molecule has 2 rings (SSSR count). The molecule has 2 aromatic rings. The lowest BCUT2D eigenvalue weighted by atomic mass is 10.1. The number of aromatic carboxylic acids is 1. The number of aromatic nitrogens is 2. The van der Waals surface area contributed by atoms with Crippen molar-refractivity contribution in [2.24, 2.45) is 0 Å². The second kappa shape index (κ2) is 6.77. The maximum Gasteiger partial charge on any atom is 0.387 e. The van der Waals surface area contributed by atoms with Crippen molar-refractivity contribution in [3.8, 4) is 5.75 Å². The van der Waals surface area contributed by atoms with Crippen LogP contribution >= 0.6 is 0 Å². The number of carboxylic acids is 1. The first-order valence-electron chi connectivity index (χ1n) is 6.14. The number of rotatable bonds is 5. The summed E-state index contributed by atoms with van der Waals surface area (Å²) in [5.74, 6) is -2.83. The fourth-order valence-electron chi connectivity index (χ4n) is 1.70. The number of carbonyl (C=O) groups is 1. The van der Waals surface area contributed by atoms with Gasteiger partial charge in [0.05, 0.1) is 11.1 Å². The third-order valence-electron chi connectivity index (χ3n) is 2.69. The van der Waals surface area contributed by atoms with Gasteiger partial charge in [0.2, 0.25) is 5.95 Å². The molecule has 0 fully saturated rings. The van der Waals surface area contributed by atoms with Gasteiger partial charge >= 0.3 is 12.6 Å². The van der Waals surface area contributed by atoms with Gasteiger partial charge in [0, 0.05) is 18.0 Å². The lowest BCUT2D eigenvalue weighted by Gasteiger charge is -2.10. The highest BCUT2D eigenvalue weighted by Crippen LogP contribution is 2.31. The van der Waals surface area contributed by atoms with E-state index in [4.69, 9.17) is 10.8 Å². The number of ether oxygens (including phenoxy) is 1. The molecule has 1 aromatic heterocycles. The number of carboxylic acid groups (broad SMARTS) is 1. The van der Waals surface area contributed by atoms with Crippen LogP contribution in [-0.2, 0) is 0 Å². The van der Waals surface area contributed by atoms with Crippen LogP contribution in [0, 0.1) is 0 Å². The molecule has 120 valence electrons. The Balaban J connectivity index is 2.46. The standard InChI is InChI=1S/C14H10F3N3O3/c15-10(3-7-5-19-14(18)20-6-7)9-4-8(12(21)22)1-2-11(9)23-13(16)17/h1-6,13H,(H,21,22)(H2,18,19,20)/b10-3-. The fraction of sp³-hybridized carbons (Fsp3) is 0.0714. The lowest BCUT2D eigenvalue weighted by Crippen LogP contribution is -2.05. The van der Waals surface area contributed by atoms with Crippen LogP contribution in [0.1, 0.15) is 21.5 Å². The van der Waals surface area contributed by atoms with E-state index in [0.717, 1.165) is 24.3 Å². The number of benzene rings is 1. The molecule has 0 spiro atoms.